The van der Waals surface area contributed by atoms with E-state index in [1.165, 1.54) is 28.7 Å². The number of anilines is 2. The van der Waals surface area contributed by atoms with E-state index in [0.29, 0.717) is 0 Å². The maximum atomic E-state index is 4.50. The van der Waals surface area contributed by atoms with E-state index < -0.39 is 0 Å². The summed E-state index contributed by atoms with van der Waals surface area (Å²) in [6, 6.07) is 12.7. The highest BCUT2D eigenvalue weighted by atomic mass is 15.1. The Balaban J connectivity index is 1.96. The molecule has 0 fully saturated rings. The molecule has 0 atom stereocenters. The van der Waals surface area contributed by atoms with Gasteiger partial charge in [0.15, 0.2) is 0 Å². The first kappa shape index (κ1) is 10.6. The van der Waals surface area contributed by atoms with Gasteiger partial charge in [0.2, 0.25) is 0 Å². The SMILES string of the molecule is c1ccc(N2CCCc3cnc4[nH]ccc4c32)cc1. The van der Waals surface area contributed by atoms with Crippen molar-refractivity contribution in [3.05, 3.63) is 54.4 Å². The van der Waals surface area contributed by atoms with E-state index in [0.717, 1.165) is 18.6 Å². The lowest BCUT2D eigenvalue weighted by atomic mass is 10.0. The standard InChI is InChI=1S/C16H15N3/c1-2-6-13(7-3-1)19-10-4-5-12-11-18-16-14(15(12)19)8-9-17-16/h1-3,6-9,11H,4-5,10H2,(H,17,18). The molecule has 0 saturated carbocycles. The second-order valence-electron chi connectivity index (χ2n) is 4.96. The molecule has 1 aliphatic rings. The van der Waals surface area contributed by atoms with Gasteiger partial charge in [0.25, 0.3) is 0 Å². The van der Waals surface area contributed by atoms with Gasteiger partial charge in [-0.15, -0.1) is 0 Å². The number of benzene rings is 1. The Hall–Kier alpha value is -2.29. The molecule has 0 unspecified atom stereocenters. The number of nitrogens with one attached hydrogen (secondary N) is 1. The number of aryl methyl sites for hydroxylation is 1. The quantitative estimate of drug-likeness (QED) is 0.714. The van der Waals surface area contributed by atoms with Crippen LogP contribution in [0, 0.1) is 0 Å². The number of aromatic amines is 1. The molecule has 0 bridgehead atoms. The molecule has 0 radical (unpaired) electrons. The lowest BCUT2D eigenvalue weighted by molar-refractivity contribution is 0.767. The summed E-state index contributed by atoms with van der Waals surface area (Å²) >= 11 is 0. The van der Waals surface area contributed by atoms with Crippen LogP contribution in [-0.4, -0.2) is 16.5 Å². The van der Waals surface area contributed by atoms with Crippen LogP contribution in [0.3, 0.4) is 0 Å². The lowest BCUT2D eigenvalue weighted by Crippen LogP contribution is -2.24. The summed E-state index contributed by atoms with van der Waals surface area (Å²) in [5.74, 6) is 0. The number of pyridine rings is 1. The fourth-order valence-corrected chi connectivity index (χ4v) is 2.94. The summed E-state index contributed by atoms with van der Waals surface area (Å²) < 4.78 is 0. The van der Waals surface area contributed by atoms with Gasteiger partial charge in [0.1, 0.15) is 5.65 Å². The Morgan fingerprint density at radius 3 is 2.89 bits per heavy atom. The van der Waals surface area contributed by atoms with Crippen LogP contribution in [0.25, 0.3) is 11.0 Å². The zero-order valence-corrected chi connectivity index (χ0v) is 10.6. The van der Waals surface area contributed by atoms with Crippen molar-refractivity contribution in [2.24, 2.45) is 0 Å². The fourth-order valence-electron chi connectivity index (χ4n) is 2.94. The minimum atomic E-state index is 0.974. The summed E-state index contributed by atoms with van der Waals surface area (Å²) in [6.45, 7) is 1.07. The van der Waals surface area contributed by atoms with E-state index in [4.69, 9.17) is 0 Å². The molecular formula is C16H15N3. The first-order valence-corrected chi connectivity index (χ1v) is 6.71. The molecule has 0 amide bonds. The maximum absolute atomic E-state index is 4.50. The summed E-state index contributed by atoms with van der Waals surface area (Å²) in [5.41, 5.74) is 4.91. The smallest absolute Gasteiger partial charge is 0.139 e. The zero-order chi connectivity index (χ0) is 12.7. The van der Waals surface area contributed by atoms with E-state index >= 15 is 0 Å². The van der Waals surface area contributed by atoms with Gasteiger partial charge >= 0.3 is 0 Å². The van der Waals surface area contributed by atoms with Crippen LogP contribution in [0.1, 0.15) is 12.0 Å². The second-order valence-corrected chi connectivity index (χ2v) is 4.96. The molecule has 1 aromatic carbocycles. The second kappa shape index (κ2) is 4.12. The minimum absolute atomic E-state index is 0.974. The summed E-state index contributed by atoms with van der Waals surface area (Å²) in [7, 11) is 0. The molecule has 3 aromatic rings. The van der Waals surface area contributed by atoms with Gasteiger partial charge in [-0.25, -0.2) is 4.98 Å². The molecule has 1 aliphatic heterocycles. The van der Waals surface area contributed by atoms with Crippen molar-refractivity contribution < 1.29 is 0 Å². The van der Waals surface area contributed by atoms with Crippen LogP contribution in [0.4, 0.5) is 11.4 Å². The summed E-state index contributed by atoms with van der Waals surface area (Å²) in [5, 5.41) is 1.22. The fraction of sp³-hybridized carbons (Fsp3) is 0.188. The molecule has 4 rings (SSSR count). The topological polar surface area (TPSA) is 31.9 Å². The number of aromatic nitrogens is 2. The van der Waals surface area contributed by atoms with E-state index in [1.807, 2.05) is 12.4 Å². The molecule has 3 nitrogen and oxygen atoms in total. The highest BCUT2D eigenvalue weighted by Crippen LogP contribution is 2.37. The molecule has 2 aromatic heterocycles. The van der Waals surface area contributed by atoms with Crippen LogP contribution < -0.4 is 4.90 Å². The van der Waals surface area contributed by atoms with Gasteiger partial charge in [0.05, 0.1) is 5.69 Å². The number of nitrogens with zero attached hydrogens (tertiary/aromatic N) is 2. The molecule has 3 heterocycles. The number of hydrogen-bond acceptors (Lipinski definition) is 2. The predicted molar refractivity (Wildman–Crippen MR) is 77.9 cm³/mol. The average Bonchev–Trinajstić information content (AvgIpc) is 2.96. The van der Waals surface area contributed by atoms with Crippen molar-refractivity contribution in [3.8, 4) is 0 Å². The Morgan fingerprint density at radius 1 is 1.11 bits per heavy atom. The van der Waals surface area contributed by atoms with Crippen molar-refractivity contribution in [3.63, 3.8) is 0 Å². The minimum Gasteiger partial charge on any atom is -0.346 e. The Morgan fingerprint density at radius 2 is 2.00 bits per heavy atom. The van der Waals surface area contributed by atoms with E-state index in [2.05, 4.69) is 51.3 Å². The Labute approximate surface area is 111 Å². The van der Waals surface area contributed by atoms with Crippen LogP contribution in [0.5, 0.6) is 0 Å². The van der Waals surface area contributed by atoms with Crippen LogP contribution in [-0.2, 0) is 6.42 Å². The van der Waals surface area contributed by atoms with Crippen molar-refractivity contribution in [1.82, 2.24) is 9.97 Å². The van der Waals surface area contributed by atoms with E-state index in [-0.39, 0.29) is 0 Å². The third kappa shape index (κ3) is 1.62. The average molecular weight is 249 g/mol. The number of rotatable bonds is 1. The highest BCUT2D eigenvalue weighted by molar-refractivity contribution is 5.94. The maximum Gasteiger partial charge on any atom is 0.139 e. The number of H-pyrrole nitrogens is 1. The molecule has 94 valence electrons. The first-order chi connectivity index (χ1) is 9.43. The summed E-state index contributed by atoms with van der Waals surface area (Å²) in [6.07, 6.45) is 6.28. The molecule has 19 heavy (non-hydrogen) atoms. The number of para-hydroxylation sites is 1. The third-order valence-corrected chi connectivity index (χ3v) is 3.80. The normalized spacial score (nSPS) is 14.6. The van der Waals surface area contributed by atoms with E-state index in [9.17, 15) is 0 Å². The molecule has 0 aliphatic carbocycles. The lowest BCUT2D eigenvalue weighted by Gasteiger charge is -2.31. The molecule has 0 saturated heterocycles. The van der Waals surface area contributed by atoms with Crippen molar-refractivity contribution in [1.29, 1.82) is 0 Å². The Kier molecular flexibility index (Phi) is 2.30. The first-order valence-electron chi connectivity index (χ1n) is 6.71. The van der Waals surface area contributed by atoms with Crippen molar-refractivity contribution in [2.45, 2.75) is 12.8 Å². The van der Waals surface area contributed by atoms with Crippen LogP contribution in [0.15, 0.2) is 48.8 Å². The monoisotopic (exact) mass is 249 g/mol. The highest BCUT2D eigenvalue weighted by Gasteiger charge is 2.21. The Bertz CT molecular complexity index is 715. The summed E-state index contributed by atoms with van der Waals surface area (Å²) in [4.78, 5) is 10.1. The van der Waals surface area contributed by atoms with Crippen LogP contribution >= 0.6 is 0 Å². The third-order valence-electron chi connectivity index (χ3n) is 3.80. The van der Waals surface area contributed by atoms with Gasteiger partial charge in [-0.3, -0.25) is 0 Å². The van der Waals surface area contributed by atoms with Crippen molar-refractivity contribution in [2.75, 3.05) is 11.4 Å². The van der Waals surface area contributed by atoms with E-state index in [1.54, 1.807) is 0 Å². The molecular weight excluding hydrogens is 234 g/mol. The van der Waals surface area contributed by atoms with Gasteiger partial charge in [-0.2, -0.15) is 0 Å². The number of hydrogen-bond donors (Lipinski definition) is 1. The molecule has 1 N–H and O–H groups in total. The zero-order valence-electron chi connectivity index (χ0n) is 10.6. The molecule has 3 heteroatoms. The van der Waals surface area contributed by atoms with Gasteiger partial charge in [-0.05, 0) is 36.6 Å². The van der Waals surface area contributed by atoms with Crippen LogP contribution in [0.2, 0.25) is 0 Å². The largest absolute Gasteiger partial charge is 0.346 e. The number of fused-ring (bicyclic) bond motifs is 3. The predicted octanol–water partition coefficient (Wildman–Crippen LogP) is 3.65. The molecule has 0 spiro atoms. The van der Waals surface area contributed by atoms with Gasteiger partial charge < -0.3 is 9.88 Å². The van der Waals surface area contributed by atoms with Gasteiger partial charge in [0, 0.05) is 30.0 Å². The van der Waals surface area contributed by atoms with Gasteiger partial charge in [-0.1, -0.05) is 18.2 Å². The van der Waals surface area contributed by atoms with Crippen molar-refractivity contribution >= 4 is 22.4 Å².